The van der Waals surface area contributed by atoms with E-state index in [9.17, 15) is 5.26 Å². The van der Waals surface area contributed by atoms with Crippen LogP contribution in [0.15, 0.2) is 53.0 Å². The van der Waals surface area contributed by atoms with Gasteiger partial charge in [0.15, 0.2) is 0 Å². The molecule has 0 bridgehead atoms. The summed E-state index contributed by atoms with van der Waals surface area (Å²) in [7, 11) is 0. The Labute approximate surface area is 139 Å². The lowest BCUT2D eigenvalue weighted by atomic mass is 10.0. The number of nitriles is 1. The van der Waals surface area contributed by atoms with Crippen molar-refractivity contribution in [1.82, 2.24) is 0 Å². The minimum atomic E-state index is 0.472. The Bertz CT molecular complexity index is 674. The van der Waals surface area contributed by atoms with Crippen LogP contribution in [0.2, 0.25) is 0 Å². The fraction of sp³-hybridized carbons (Fsp3) is 0. The van der Waals surface area contributed by atoms with E-state index in [0.29, 0.717) is 10.6 Å². The summed E-state index contributed by atoms with van der Waals surface area (Å²) >= 11 is 12.1. The van der Waals surface area contributed by atoms with E-state index in [4.69, 9.17) is 11.6 Å². The van der Waals surface area contributed by atoms with Crippen molar-refractivity contribution >= 4 is 60.7 Å². The van der Waals surface area contributed by atoms with Gasteiger partial charge in [-0.3, -0.25) is 0 Å². The van der Waals surface area contributed by atoms with E-state index in [1.54, 1.807) is 0 Å². The van der Waals surface area contributed by atoms with Gasteiger partial charge in [-0.05, 0) is 46.4 Å². The number of hydrogen-bond acceptors (Lipinski definition) is 1. The lowest BCUT2D eigenvalue weighted by Crippen LogP contribution is -1.89. The first kappa shape index (κ1) is 14.6. The predicted octanol–water partition coefficient (Wildman–Crippen LogP) is 5.68. The van der Waals surface area contributed by atoms with Crippen molar-refractivity contribution in [3.05, 3.63) is 67.7 Å². The largest absolute Gasteiger partial charge is 0.192 e. The Balaban J connectivity index is 2.62. The molecule has 0 amide bonds. The van der Waals surface area contributed by atoms with Crippen molar-refractivity contribution in [2.75, 3.05) is 0 Å². The molecule has 94 valence electrons. The summed E-state index contributed by atoms with van der Waals surface area (Å²) in [5.41, 5.74) is 2.17. The molecule has 0 saturated carbocycles. The Morgan fingerprint density at radius 3 is 2.47 bits per heavy atom. The van der Waals surface area contributed by atoms with Crippen molar-refractivity contribution in [3.63, 3.8) is 0 Å². The lowest BCUT2D eigenvalue weighted by Gasteiger charge is -2.07. The maximum atomic E-state index is 9.36. The van der Waals surface area contributed by atoms with E-state index < -0.39 is 0 Å². The molecule has 0 aliphatic rings. The first-order valence-corrected chi connectivity index (χ1v) is 7.69. The van der Waals surface area contributed by atoms with E-state index in [-0.39, 0.29) is 0 Å². The minimum absolute atomic E-state index is 0.472. The van der Waals surface area contributed by atoms with E-state index >= 15 is 0 Å². The van der Waals surface area contributed by atoms with Crippen LogP contribution in [-0.4, -0.2) is 0 Å². The van der Waals surface area contributed by atoms with Crippen LogP contribution in [0.5, 0.6) is 0 Å². The van der Waals surface area contributed by atoms with E-state index in [1.165, 1.54) is 0 Å². The van der Waals surface area contributed by atoms with Crippen LogP contribution >= 0.6 is 50.1 Å². The normalized spacial score (nSPS) is 11.7. The topological polar surface area (TPSA) is 23.8 Å². The molecule has 0 atom stereocenters. The molecule has 0 N–H and O–H groups in total. The first-order valence-electron chi connectivity index (χ1n) is 5.44. The Hall–Kier alpha value is -0.830. The zero-order valence-electron chi connectivity index (χ0n) is 9.70. The number of benzene rings is 2. The third-order valence-corrected chi connectivity index (χ3v) is 4.39. The van der Waals surface area contributed by atoms with Crippen LogP contribution in [-0.2, 0) is 0 Å². The molecular weight excluding hydrogens is 436 g/mol. The number of allylic oxidation sites excluding steroid dienone is 1. The van der Waals surface area contributed by atoms with Gasteiger partial charge in [0, 0.05) is 13.6 Å². The molecule has 0 aliphatic carbocycles. The highest BCUT2D eigenvalue weighted by Crippen LogP contribution is 2.33. The third-order valence-electron chi connectivity index (χ3n) is 2.56. The molecule has 0 spiro atoms. The maximum absolute atomic E-state index is 9.36. The van der Waals surface area contributed by atoms with Crippen LogP contribution in [0, 0.1) is 14.9 Å². The van der Waals surface area contributed by atoms with Crippen molar-refractivity contribution in [2.24, 2.45) is 0 Å². The summed E-state index contributed by atoms with van der Waals surface area (Å²) in [6.45, 7) is 0. The standard InChI is InChI=1S/C15H8BrClIN/c16-11-6-7-14(18)12(8-11)15(17)13(9-19)10-4-2-1-3-5-10/h1-8H/b15-13-. The molecule has 0 aromatic heterocycles. The monoisotopic (exact) mass is 443 g/mol. The van der Waals surface area contributed by atoms with Crippen molar-refractivity contribution in [3.8, 4) is 6.07 Å². The summed E-state index contributed by atoms with van der Waals surface area (Å²) in [5, 5.41) is 9.84. The molecule has 0 aliphatic heterocycles. The summed E-state index contributed by atoms with van der Waals surface area (Å²) in [5.74, 6) is 0. The second-order valence-electron chi connectivity index (χ2n) is 3.79. The van der Waals surface area contributed by atoms with Gasteiger partial charge in [0.1, 0.15) is 6.07 Å². The molecular formula is C15H8BrClIN. The van der Waals surface area contributed by atoms with Gasteiger partial charge in [-0.25, -0.2) is 0 Å². The molecule has 0 saturated heterocycles. The number of hydrogen-bond donors (Lipinski definition) is 0. The van der Waals surface area contributed by atoms with Crippen LogP contribution in [0.1, 0.15) is 11.1 Å². The maximum Gasteiger partial charge on any atom is 0.101 e. The van der Waals surface area contributed by atoms with Gasteiger partial charge in [0.05, 0.1) is 10.6 Å². The lowest BCUT2D eigenvalue weighted by molar-refractivity contribution is 1.51. The smallest absolute Gasteiger partial charge is 0.101 e. The average molecular weight is 444 g/mol. The van der Waals surface area contributed by atoms with Crippen LogP contribution in [0.25, 0.3) is 10.6 Å². The molecule has 1 nitrogen and oxygen atoms in total. The quantitative estimate of drug-likeness (QED) is 0.332. The molecule has 2 rings (SSSR count). The minimum Gasteiger partial charge on any atom is -0.192 e. The zero-order chi connectivity index (χ0) is 13.8. The molecule has 0 unspecified atom stereocenters. The van der Waals surface area contributed by atoms with Crippen LogP contribution in [0.3, 0.4) is 0 Å². The molecule has 19 heavy (non-hydrogen) atoms. The highest BCUT2D eigenvalue weighted by molar-refractivity contribution is 14.1. The second-order valence-corrected chi connectivity index (χ2v) is 6.25. The zero-order valence-corrected chi connectivity index (χ0v) is 14.2. The summed E-state index contributed by atoms with van der Waals surface area (Å²) in [4.78, 5) is 0. The van der Waals surface area contributed by atoms with Gasteiger partial charge in [-0.1, -0.05) is 57.9 Å². The third kappa shape index (κ3) is 3.38. The highest BCUT2D eigenvalue weighted by Gasteiger charge is 2.12. The van der Waals surface area contributed by atoms with Gasteiger partial charge in [0.25, 0.3) is 0 Å². The summed E-state index contributed by atoms with van der Waals surface area (Å²) < 4.78 is 1.95. The molecule has 0 radical (unpaired) electrons. The number of halogens is 3. The van der Waals surface area contributed by atoms with E-state index in [1.807, 2.05) is 48.5 Å². The summed E-state index contributed by atoms with van der Waals surface area (Å²) in [6.07, 6.45) is 0. The fourth-order valence-electron chi connectivity index (χ4n) is 1.65. The van der Waals surface area contributed by atoms with Gasteiger partial charge in [-0.2, -0.15) is 5.26 Å². The second kappa shape index (κ2) is 6.56. The SMILES string of the molecule is N#C/C(=C(/Cl)c1cc(Br)ccc1I)c1ccccc1. The molecule has 2 aromatic rings. The Kier molecular flexibility index (Phi) is 5.03. The fourth-order valence-corrected chi connectivity index (χ4v) is 3.08. The Morgan fingerprint density at radius 2 is 1.84 bits per heavy atom. The van der Waals surface area contributed by atoms with E-state index in [0.717, 1.165) is 19.2 Å². The van der Waals surface area contributed by atoms with Crippen molar-refractivity contribution in [2.45, 2.75) is 0 Å². The Morgan fingerprint density at radius 1 is 1.16 bits per heavy atom. The first-order chi connectivity index (χ1) is 9.13. The number of nitrogens with zero attached hydrogens (tertiary/aromatic N) is 1. The molecule has 2 aromatic carbocycles. The molecule has 0 fully saturated rings. The summed E-state index contributed by atoms with van der Waals surface area (Å²) in [6, 6.07) is 17.5. The van der Waals surface area contributed by atoms with Crippen molar-refractivity contribution in [1.29, 1.82) is 5.26 Å². The molecule has 4 heteroatoms. The van der Waals surface area contributed by atoms with Crippen LogP contribution in [0.4, 0.5) is 0 Å². The average Bonchev–Trinajstić information content (AvgIpc) is 2.43. The molecule has 0 heterocycles. The predicted molar refractivity (Wildman–Crippen MR) is 91.6 cm³/mol. The van der Waals surface area contributed by atoms with Gasteiger partial charge >= 0.3 is 0 Å². The van der Waals surface area contributed by atoms with E-state index in [2.05, 4.69) is 44.6 Å². The van der Waals surface area contributed by atoms with Crippen molar-refractivity contribution < 1.29 is 0 Å². The van der Waals surface area contributed by atoms with Gasteiger partial charge in [0.2, 0.25) is 0 Å². The van der Waals surface area contributed by atoms with Gasteiger partial charge in [-0.15, -0.1) is 0 Å². The van der Waals surface area contributed by atoms with Gasteiger partial charge < -0.3 is 0 Å². The number of rotatable bonds is 2. The van der Waals surface area contributed by atoms with Crippen LogP contribution < -0.4 is 0 Å². The highest BCUT2D eigenvalue weighted by atomic mass is 127.